The van der Waals surface area contributed by atoms with E-state index in [4.69, 9.17) is 0 Å². The molecule has 0 radical (unpaired) electrons. The van der Waals surface area contributed by atoms with Gasteiger partial charge in [0.1, 0.15) is 0 Å². The number of para-hydroxylation sites is 1. The Kier molecular flexibility index (Phi) is 8.43. The second-order valence-electron chi connectivity index (χ2n) is 6.57. The van der Waals surface area contributed by atoms with Crippen molar-refractivity contribution in [3.8, 4) is 0 Å². The number of aromatic nitrogens is 3. The molecule has 1 atom stereocenters. The van der Waals surface area contributed by atoms with Crippen molar-refractivity contribution in [1.29, 1.82) is 0 Å². The fraction of sp³-hybridized carbons (Fsp3) is 0.182. The number of nitrogens with zero attached hydrogens (tertiary/aromatic N) is 4. The fourth-order valence-electron chi connectivity index (χ4n) is 2.65. The van der Waals surface area contributed by atoms with Crippen LogP contribution in [0.2, 0.25) is 0 Å². The van der Waals surface area contributed by atoms with Gasteiger partial charge in [-0.1, -0.05) is 64.1 Å². The first-order valence-electron chi connectivity index (χ1n) is 9.64. The van der Waals surface area contributed by atoms with Gasteiger partial charge < -0.3 is 9.88 Å². The van der Waals surface area contributed by atoms with Crippen LogP contribution in [-0.4, -0.2) is 32.1 Å². The van der Waals surface area contributed by atoms with E-state index in [9.17, 15) is 4.79 Å². The summed E-state index contributed by atoms with van der Waals surface area (Å²) in [5.41, 5.74) is 4.47. The second-order valence-corrected chi connectivity index (χ2v) is 8.79. The number of hydrazone groups is 1. The summed E-state index contributed by atoms with van der Waals surface area (Å²) in [5.74, 6) is 0.555. The summed E-state index contributed by atoms with van der Waals surface area (Å²) in [5, 5.41) is 16.2. The highest BCUT2D eigenvalue weighted by atomic mass is 79.9. The van der Waals surface area contributed by atoms with Gasteiger partial charge in [-0.25, -0.2) is 5.43 Å². The van der Waals surface area contributed by atoms with Gasteiger partial charge in [-0.2, -0.15) is 5.10 Å². The van der Waals surface area contributed by atoms with E-state index >= 15 is 0 Å². The summed E-state index contributed by atoms with van der Waals surface area (Å²) in [6, 6.07) is 17.5. The Morgan fingerprint density at radius 2 is 2.06 bits per heavy atom. The maximum Gasteiger partial charge on any atom is 0.253 e. The van der Waals surface area contributed by atoms with Crippen LogP contribution >= 0.6 is 27.7 Å². The Labute approximate surface area is 194 Å². The van der Waals surface area contributed by atoms with Gasteiger partial charge in [0.05, 0.1) is 18.0 Å². The molecular formula is C22H23BrN6OS. The first kappa shape index (κ1) is 22.8. The molecule has 2 aromatic carbocycles. The van der Waals surface area contributed by atoms with Crippen molar-refractivity contribution in [2.75, 3.05) is 5.32 Å². The highest BCUT2D eigenvalue weighted by Gasteiger charge is 2.19. The zero-order valence-corrected chi connectivity index (χ0v) is 19.4. The number of hydrogen-bond acceptors (Lipinski definition) is 6. The molecule has 3 rings (SSSR count). The molecule has 0 spiro atoms. The second kappa shape index (κ2) is 11.5. The summed E-state index contributed by atoms with van der Waals surface area (Å²) in [7, 11) is 0. The molecule has 3 aromatic rings. The predicted molar refractivity (Wildman–Crippen MR) is 129 cm³/mol. The number of nitrogens with one attached hydrogen (secondary N) is 2. The lowest BCUT2D eigenvalue weighted by Crippen LogP contribution is -2.27. The van der Waals surface area contributed by atoms with Crippen molar-refractivity contribution in [2.24, 2.45) is 5.10 Å². The highest BCUT2D eigenvalue weighted by Crippen LogP contribution is 2.23. The molecule has 2 N–H and O–H groups in total. The highest BCUT2D eigenvalue weighted by molar-refractivity contribution is 9.10. The van der Waals surface area contributed by atoms with Crippen molar-refractivity contribution in [3.63, 3.8) is 0 Å². The third-order valence-corrected chi connectivity index (χ3v) is 5.79. The van der Waals surface area contributed by atoms with Gasteiger partial charge in [-0.3, -0.25) is 4.79 Å². The van der Waals surface area contributed by atoms with E-state index in [1.165, 1.54) is 11.8 Å². The van der Waals surface area contributed by atoms with E-state index in [1.54, 1.807) is 12.3 Å². The zero-order chi connectivity index (χ0) is 22.1. The molecule has 0 aliphatic heterocycles. The predicted octanol–water partition coefficient (Wildman–Crippen LogP) is 4.47. The lowest BCUT2D eigenvalue weighted by Gasteiger charge is -2.12. The van der Waals surface area contributed by atoms with Crippen LogP contribution in [0, 0.1) is 0 Å². The molecular weight excluding hydrogens is 476 g/mol. The number of hydrogen-bond donors (Lipinski definition) is 2. The summed E-state index contributed by atoms with van der Waals surface area (Å²) >= 11 is 4.74. The standard InChI is InChI=1S/C22H23BrN6OS/c1-3-12-29-20(15-24-19-10-5-4-6-11-19)26-28-22(29)31-16(2)21(30)27-25-14-17-8-7-9-18(23)13-17/h3-11,13-14,16,24H,1,12,15H2,2H3,(H,27,30)/b25-14-/t16-/m1/s1. The summed E-state index contributed by atoms with van der Waals surface area (Å²) < 4.78 is 2.90. The molecule has 1 aromatic heterocycles. The smallest absolute Gasteiger partial charge is 0.253 e. The number of benzene rings is 2. The van der Waals surface area contributed by atoms with E-state index in [2.05, 4.69) is 48.6 Å². The normalized spacial score (nSPS) is 11.9. The van der Waals surface area contributed by atoms with E-state index in [1.807, 2.05) is 66.1 Å². The lowest BCUT2D eigenvalue weighted by molar-refractivity contribution is -0.120. The molecule has 9 heteroatoms. The topological polar surface area (TPSA) is 84.2 Å². The van der Waals surface area contributed by atoms with E-state index in [0.717, 1.165) is 21.5 Å². The number of thioether (sulfide) groups is 1. The number of anilines is 1. The number of amides is 1. The first-order valence-corrected chi connectivity index (χ1v) is 11.3. The molecule has 0 fully saturated rings. The summed E-state index contributed by atoms with van der Waals surface area (Å²) in [4.78, 5) is 12.4. The van der Waals surface area contributed by atoms with E-state index in [-0.39, 0.29) is 5.91 Å². The van der Waals surface area contributed by atoms with Gasteiger partial charge in [-0.15, -0.1) is 16.8 Å². The molecule has 31 heavy (non-hydrogen) atoms. The van der Waals surface area contributed by atoms with Gasteiger partial charge in [-0.05, 0) is 36.8 Å². The van der Waals surface area contributed by atoms with Crippen LogP contribution in [0.5, 0.6) is 0 Å². The van der Waals surface area contributed by atoms with Crippen molar-refractivity contribution < 1.29 is 4.79 Å². The van der Waals surface area contributed by atoms with Crippen LogP contribution in [0.3, 0.4) is 0 Å². The third kappa shape index (κ3) is 6.80. The average molecular weight is 499 g/mol. The van der Waals surface area contributed by atoms with Crippen LogP contribution in [0.1, 0.15) is 18.3 Å². The van der Waals surface area contributed by atoms with Crippen LogP contribution in [-0.2, 0) is 17.9 Å². The van der Waals surface area contributed by atoms with Gasteiger partial charge in [0, 0.05) is 16.7 Å². The number of rotatable bonds is 10. The van der Waals surface area contributed by atoms with Crippen molar-refractivity contribution in [1.82, 2.24) is 20.2 Å². The minimum Gasteiger partial charge on any atom is -0.378 e. The molecule has 0 aliphatic carbocycles. The minimum atomic E-state index is -0.401. The number of carbonyl (C=O) groups excluding carboxylic acids is 1. The van der Waals surface area contributed by atoms with Gasteiger partial charge in [0.15, 0.2) is 11.0 Å². The molecule has 0 bridgehead atoms. The maximum atomic E-state index is 12.4. The third-order valence-electron chi connectivity index (χ3n) is 4.22. The number of halogens is 1. The van der Waals surface area contributed by atoms with Gasteiger partial charge >= 0.3 is 0 Å². The van der Waals surface area contributed by atoms with Crippen molar-refractivity contribution in [3.05, 3.63) is 83.1 Å². The Bertz CT molecular complexity index is 1050. The van der Waals surface area contributed by atoms with Crippen LogP contribution in [0.15, 0.2) is 82.0 Å². The van der Waals surface area contributed by atoms with Crippen molar-refractivity contribution in [2.45, 2.75) is 30.4 Å². The van der Waals surface area contributed by atoms with Crippen molar-refractivity contribution >= 4 is 45.5 Å². The quantitative estimate of drug-likeness (QED) is 0.186. The van der Waals surface area contributed by atoms with Gasteiger partial charge in [0.2, 0.25) is 0 Å². The van der Waals surface area contributed by atoms with E-state index < -0.39 is 5.25 Å². The van der Waals surface area contributed by atoms with E-state index in [0.29, 0.717) is 18.2 Å². The largest absolute Gasteiger partial charge is 0.378 e. The Balaban J connectivity index is 1.60. The number of carbonyl (C=O) groups is 1. The Morgan fingerprint density at radius 3 is 2.81 bits per heavy atom. The zero-order valence-electron chi connectivity index (χ0n) is 17.0. The van der Waals surface area contributed by atoms with Gasteiger partial charge in [0.25, 0.3) is 5.91 Å². The molecule has 0 unspecified atom stereocenters. The fourth-order valence-corrected chi connectivity index (χ4v) is 3.93. The number of allylic oxidation sites excluding steroid dienone is 1. The molecule has 1 amide bonds. The lowest BCUT2D eigenvalue weighted by atomic mass is 10.2. The Morgan fingerprint density at radius 1 is 1.26 bits per heavy atom. The monoisotopic (exact) mass is 498 g/mol. The van der Waals surface area contributed by atoms with Crippen LogP contribution in [0.25, 0.3) is 0 Å². The Hall–Kier alpha value is -2.91. The molecule has 0 saturated heterocycles. The molecule has 7 nitrogen and oxygen atoms in total. The molecule has 0 saturated carbocycles. The molecule has 0 aliphatic rings. The minimum absolute atomic E-state index is 0.214. The van der Waals surface area contributed by atoms with Crippen LogP contribution in [0.4, 0.5) is 5.69 Å². The first-order chi connectivity index (χ1) is 15.1. The summed E-state index contributed by atoms with van der Waals surface area (Å²) in [6.45, 7) is 6.70. The maximum absolute atomic E-state index is 12.4. The average Bonchev–Trinajstić information content (AvgIpc) is 3.14. The summed E-state index contributed by atoms with van der Waals surface area (Å²) in [6.07, 6.45) is 3.39. The molecule has 160 valence electrons. The van der Waals surface area contributed by atoms with Crippen LogP contribution < -0.4 is 10.7 Å². The SMILES string of the molecule is C=CCn1c(CNc2ccccc2)nnc1S[C@H](C)C(=O)N/N=C\c1cccc(Br)c1. The molecule has 1 heterocycles.